The largest absolute Gasteiger partial charge is 0.306 e. The number of halogens is 1. The van der Waals surface area contributed by atoms with Gasteiger partial charge in [-0.05, 0) is 70.6 Å². The van der Waals surface area contributed by atoms with E-state index in [-0.39, 0.29) is 0 Å². The topological polar surface area (TPSA) is 12.0 Å². The SMILES string of the molecule is CCNC(c1ccc2c(c1)CCC2)c1ccc(Br)s1. The summed E-state index contributed by atoms with van der Waals surface area (Å²) in [5, 5.41) is 3.61. The molecule has 0 saturated heterocycles. The van der Waals surface area contributed by atoms with Gasteiger partial charge in [0.1, 0.15) is 0 Å². The summed E-state index contributed by atoms with van der Waals surface area (Å²) in [4.78, 5) is 1.38. The Balaban J connectivity index is 1.95. The number of benzene rings is 1. The molecule has 2 aromatic rings. The molecule has 1 N–H and O–H groups in total. The molecule has 19 heavy (non-hydrogen) atoms. The first kappa shape index (κ1) is 13.3. The highest BCUT2D eigenvalue weighted by Gasteiger charge is 2.18. The van der Waals surface area contributed by atoms with E-state index in [0.29, 0.717) is 6.04 Å². The molecule has 0 fully saturated rings. The van der Waals surface area contributed by atoms with E-state index in [2.05, 4.69) is 58.5 Å². The van der Waals surface area contributed by atoms with Gasteiger partial charge in [0.25, 0.3) is 0 Å². The molecule has 3 heteroatoms. The molecule has 1 unspecified atom stereocenters. The van der Waals surface area contributed by atoms with Crippen molar-refractivity contribution in [1.29, 1.82) is 0 Å². The molecular formula is C16H18BrNS. The first-order chi connectivity index (χ1) is 9.28. The molecule has 0 aliphatic heterocycles. The van der Waals surface area contributed by atoms with Crippen molar-refractivity contribution in [3.8, 4) is 0 Å². The summed E-state index contributed by atoms with van der Waals surface area (Å²) in [5.74, 6) is 0. The number of hydrogen-bond donors (Lipinski definition) is 1. The molecule has 1 nitrogen and oxygen atoms in total. The second-order valence-corrected chi connectivity index (χ2v) is 7.51. The number of thiophene rings is 1. The highest BCUT2D eigenvalue weighted by Crippen LogP contribution is 2.33. The summed E-state index contributed by atoms with van der Waals surface area (Å²) in [6.07, 6.45) is 3.82. The second-order valence-electron chi connectivity index (χ2n) is 5.01. The van der Waals surface area contributed by atoms with Crippen molar-refractivity contribution < 1.29 is 0 Å². The number of nitrogens with one attached hydrogen (secondary N) is 1. The first-order valence-electron chi connectivity index (χ1n) is 6.88. The summed E-state index contributed by atoms with van der Waals surface area (Å²) in [6, 6.07) is 11.7. The Bertz CT molecular complexity index is 576. The van der Waals surface area contributed by atoms with Crippen LogP contribution < -0.4 is 5.32 Å². The molecule has 1 aliphatic carbocycles. The van der Waals surface area contributed by atoms with Crippen LogP contribution in [0.25, 0.3) is 0 Å². The number of hydrogen-bond acceptors (Lipinski definition) is 2. The molecule has 1 aromatic heterocycles. The monoisotopic (exact) mass is 335 g/mol. The summed E-state index contributed by atoms with van der Waals surface area (Å²) < 4.78 is 1.20. The molecular weight excluding hydrogens is 318 g/mol. The van der Waals surface area contributed by atoms with Crippen LogP contribution in [0.4, 0.5) is 0 Å². The summed E-state index contributed by atoms with van der Waals surface area (Å²) in [5.41, 5.74) is 4.50. The van der Waals surface area contributed by atoms with Gasteiger partial charge in [-0.15, -0.1) is 11.3 Å². The maximum Gasteiger partial charge on any atom is 0.0702 e. The highest BCUT2D eigenvalue weighted by molar-refractivity contribution is 9.11. The molecule has 0 bridgehead atoms. The molecule has 1 aliphatic rings. The van der Waals surface area contributed by atoms with E-state index < -0.39 is 0 Å². The number of fused-ring (bicyclic) bond motifs is 1. The predicted octanol–water partition coefficient (Wildman–Crippen LogP) is 4.70. The average molecular weight is 336 g/mol. The third-order valence-electron chi connectivity index (χ3n) is 3.74. The van der Waals surface area contributed by atoms with Crippen molar-refractivity contribution in [3.63, 3.8) is 0 Å². The molecule has 3 rings (SSSR count). The summed E-state index contributed by atoms with van der Waals surface area (Å²) in [6.45, 7) is 3.15. The Labute approximate surface area is 127 Å². The van der Waals surface area contributed by atoms with Crippen LogP contribution in [-0.2, 0) is 12.8 Å². The van der Waals surface area contributed by atoms with Crippen LogP contribution in [0.2, 0.25) is 0 Å². The minimum absolute atomic E-state index is 0.326. The Morgan fingerprint density at radius 1 is 1.21 bits per heavy atom. The molecule has 1 atom stereocenters. The average Bonchev–Trinajstić information content (AvgIpc) is 3.03. The van der Waals surface area contributed by atoms with E-state index in [0.717, 1.165) is 6.54 Å². The van der Waals surface area contributed by atoms with Crippen LogP contribution in [0.3, 0.4) is 0 Å². The molecule has 0 saturated carbocycles. The quantitative estimate of drug-likeness (QED) is 0.853. The normalized spacial score (nSPS) is 15.5. The molecule has 0 radical (unpaired) electrons. The lowest BCUT2D eigenvalue weighted by Gasteiger charge is -2.18. The van der Waals surface area contributed by atoms with Gasteiger partial charge in [0, 0.05) is 4.88 Å². The van der Waals surface area contributed by atoms with Crippen molar-refractivity contribution in [2.45, 2.75) is 32.2 Å². The van der Waals surface area contributed by atoms with E-state index in [1.165, 1.54) is 33.5 Å². The van der Waals surface area contributed by atoms with E-state index >= 15 is 0 Å². The Hall–Kier alpha value is -0.640. The molecule has 0 amide bonds. The van der Waals surface area contributed by atoms with Crippen LogP contribution in [0.1, 0.15) is 41.0 Å². The van der Waals surface area contributed by atoms with Gasteiger partial charge >= 0.3 is 0 Å². The third-order valence-corrected chi connectivity index (χ3v) is 5.43. The van der Waals surface area contributed by atoms with Crippen LogP contribution >= 0.6 is 27.3 Å². The third kappa shape index (κ3) is 2.78. The Morgan fingerprint density at radius 3 is 2.79 bits per heavy atom. The van der Waals surface area contributed by atoms with Crippen molar-refractivity contribution in [1.82, 2.24) is 5.32 Å². The zero-order valence-electron chi connectivity index (χ0n) is 11.1. The van der Waals surface area contributed by atoms with Gasteiger partial charge in [-0.25, -0.2) is 0 Å². The zero-order chi connectivity index (χ0) is 13.2. The fourth-order valence-electron chi connectivity index (χ4n) is 2.84. The summed E-state index contributed by atoms with van der Waals surface area (Å²) in [7, 11) is 0. The highest BCUT2D eigenvalue weighted by atomic mass is 79.9. The van der Waals surface area contributed by atoms with Gasteiger partial charge in [-0.2, -0.15) is 0 Å². The van der Waals surface area contributed by atoms with Crippen LogP contribution in [0.15, 0.2) is 34.1 Å². The van der Waals surface area contributed by atoms with Gasteiger partial charge in [-0.1, -0.05) is 25.1 Å². The van der Waals surface area contributed by atoms with E-state index in [9.17, 15) is 0 Å². The van der Waals surface area contributed by atoms with Crippen LogP contribution in [-0.4, -0.2) is 6.54 Å². The van der Waals surface area contributed by atoms with Crippen molar-refractivity contribution >= 4 is 27.3 Å². The number of aryl methyl sites for hydroxylation is 2. The van der Waals surface area contributed by atoms with Gasteiger partial charge in [0.2, 0.25) is 0 Å². The number of rotatable bonds is 4. The smallest absolute Gasteiger partial charge is 0.0702 e. The standard InChI is InChI=1S/C16H18BrNS/c1-2-18-16(14-8-9-15(17)19-14)13-7-6-11-4-3-5-12(11)10-13/h6-10,16,18H,2-5H2,1H3. The van der Waals surface area contributed by atoms with Gasteiger partial charge < -0.3 is 5.32 Å². The van der Waals surface area contributed by atoms with Crippen molar-refractivity contribution in [3.05, 3.63) is 55.7 Å². The van der Waals surface area contributed by atoms with Crippen LogP contribution in [0.5, 0.6) is 0 Å². The summed E-state index contributed by atoms with van der Waals surface area (Å²) >= 11 is 5.38. The maximum atomic E-state index is 3.61. The van der Waals surface area contributed by atoms with E-state index in [1.807, 2.05) is 11.3 Å². The molecule has 1 aromatic carbocycles. The minimum atomic E-state index is 0.326. The first-order valence-corrected chi connectivity index (χ1v) is 8.49. The lowest BCUT2D eigenvalue weighted by Crippen LogP contribution is -2.21. The molecule has 0 spiro atoms. The van der Waals surface area contributed by atoms with Gasteiger partial charge in [-0.3, -0.25) is 0 Å². The fourth-order valence-corrected chi connectivity index (χ4v) is 4.37. The van der Waals surface area contributed by atoms with Gasteiger partial charge in [0.05, 0.1) is 9.83 Å². The van der Waals surface area contributed by atoms with Gasteiger partial charge in [0.15, 0.2) is 0 Å². The Kier molecular flexibility index (Phi) is 4.06. The van der Waals surface area contributed by atoms with Crippen molar-refractivity contribution in [2.24, 2.45) is 0 Å². The van der Waals surface area contributed by atoms with Crippen LogP contribution in [0, 0.1) is 0 Å². The second kappa shape index (κ2) is 5.78. The van der Waals surface area contributed by atoms with E-state index in [4.69, 9.17) is 0 Å². The lowest BCUT2D eigenvalue weighted by atomic mass is 10.00. The fraction of sp³-hybridized carbons (Fsp3) is 0.375. The zero-order valence-corrected chi connectivity index (χ0v) is 13.5. The minimum Gasteiger partial charge on any atom is -0.306 e. The predicted molar refractivity (Wildman–Crippen MR) is 86.0 cm³/mol. The van der Waals surface area contributed by atoms with E-state index in [1.54, 1.807) is 11.1 Å². The lowest BCUT2D eigenvalue weighted by molar-refractivity contribution is 0.639. The Morgan fingerprint density at radius 2 is 2.05 bits per heavy atom. The molecule has 100 valence electrons. The van der Waals surface area contributed by atoms with Crippen molar-refractivity contribution in [2.75, 3.05) is 6.54 Å². The maximum absolute atomic E-state index is 3.61. The molecule has 1 heterocycles.